The van der Waals surface area contributed by atoms with E-state index in [2.05, 4.69) is 46.2 Å². The van der Waals surface area contributed by atoms with Crippen molar-refractivity contribution < 1.29 is 9.90 Å². The van der Waals surface area contributed by atoms with Gasteiger partial charge in [0.1, 0.15) is 6.33 Å². The quantitative estimate of drug-likeness (QED) is 0.491. The molecule has 34 heavy (non-hydrogen) atoms. The number of fused-ring (bicyclic) bond motifs is 1. The maximum Gasteiger partial charge on any atom is 0.331 e. The highest BCUT2D eigenvalue weighted by Crippen LogP contribution is 2.30. The molecule has 7 nitrogen and oxygen atoms in total. The summed E-state index contributed by atoms with van der Waals surface area (Å²) in [7, 11) is 2.16. The van der Waals surface area contributed by atoms with Gasteiger partial charge >= 0.3 is 5.97 Å². The summed E-state index contributed by atoms with van der Waals surface area (Å²) in [5.74, 6) is -0.551. The van der Waals surface area contributed by atoms with Gasteiger partial charge in [-0.3, -0.25) is 9.36 Å². The first kappa shape index (κ1) is 22.0. The van der Waals surface area contributed by atoms with Crippen molar-refractivity contribution in [2.24, 2.45) is 0 Å². The van der Waals surface area contributed by atoms with Crippen molar-refractivity contribution in [1.82, 2.24) is 19.4 Å². The third-order valence-corrected chi connectivity index (χ3v) is 6.70. The molecule has 0 aliphatic carbocycles. The lowest BCUT2D eigenvalue weighted by Crippen LogP contribution is -2.31. The SMILES string of the molecule is CN1CCC(c2ccc(-c3cnc4ncn(C(C(=O)O)c5ccccc5)c(=O)c4c3)cc2)CC1. The highest BCUT2D eigenvalue weighted by atomic mass is 16.4. The largest absolute Gasteiger partial charge is 0.479 e. The van der Waals surface area contributed by atoms with Gasteiger partial charge in [-0.15, -0.1) is 0 Å². The van der Waals surface area contributed by atoms with Crippen LogP contribution in [0.4, 0.5) is 0 Å². The number of aliphatic carboxylic acids is 1. The van der Waals surface area contributed by atoms with Crippen molar-refractivity contribution in [2.75, 3.05) is 20.1 Å². The summed E-state index contributed by atoms with van der Waals surface area (Å²) in [5.41, 5.74) is 3.46. The predicted molar refractivity (Wildman–Crippen MR) is 131 cm³/mol. The number of hydrogen-bond acceptors (Lipinski definition) is 5. The Morgan fingerprint density at radius 1 is 1.00 bits per heavy atom. The molecule has 1 unspecified atom stereocenters. The van der Waals surface area contributed by atoms with Gasteiger partial charge in [0.25, 0.3) is 5.56 Å². The second kappa shape index (κ2) is 9.19. The van der Waals surface area contributed by atoms with E-state index in [0.717, 1.165) is 41.6 Å². The molecule has 0 radical (unpaired) electrons. The van der Waals surface area contributed by atoms with Crippen LogP contribution in [0.15, 0.2) is 78.0 Å². The Labute approximate surface area is 197 Å². The molecule has 1 atom stereocenters. The van der Waals surface area contributed by atoms with Crippen LogP contribution in [-0.4, -0.2) is 50.6 Å². The highest BCUT2D eigenvalue weighted by molar-refractivity contribution is 5.81. The van der Waals surface area contributed by atoms with Crippen LogP contribution in [0.5, 0.6) is 0 Å². The van der Waals surface area contributed by atoms with Crippen molar-refractivity contribution in [2.45, 2.75) is 24.8 Å². The maximum absolute atomic E-state index is 13.3. The Morgan fingerprint density at radius 2 is 1.71 bits per heavy atom. The Morgan fingerprint density at radius 3 is 2.38 bits per heavy atom. The molecule has 5 rings (SSSR count). The lowest BCUT2D eigenvalue weighted by atomic mass is 9.89. The molecule has 1 fully saturated rings. The van der Waals surface area contributed by atoms with Crippen LogP contribution in [-0.2, 0) is 4.79 Å². The van der Waals surface area contributed by atoms with E-state index >= 15 is 0 Å². The zero-order valence-corrected chi connectivity index (χ0v) is 19.0. The molecule has 3 heterocycles. The van der Waals surface area contributed by atoms with Crippen molar-refractivity contribution in [1.29, 1.82) is 0 Å². The number of nitrogens with zero attached hydrogens (tertiary/aromatic N) is 4. The van der Waals surface area contributed by atoms with Crippen molar-refractivity contribution in [3.63, 3.8) is 0 Å². The number of benzene rings is 2. The summed E-state index contributed by atoms with van der Waals surface area (Å²) in [4.78, 5) is 36.4. The van der Waals surface area contributed by atoms with E-state index in [1.54, 1.807) is 42.6 Å². The molecular formula is C27H26N4O3. The fourth-order valence-electron chi connectivity index (χ4n) is 4.72. The van der Waals surface area contributed by atoms with Gasteiger partial charge in [0.15, 0.2) is 11.7 Å². The van der Waals surface area contributed by atoms with Crippen LogP contribution in [0.2, 0.25) is 0 Å². The zero-order valence-electron chi connectivity index (χ0n) is 19.0. The van der Waals surface area contributed by atoms with Crippen LogP contribution in [0, 0.1) is 0 Å². The minimum Gasteiger partial charge on any atom is -0.479 e. The molecule has 0 saturated carbocycles. The van der Waals surface area contributed by atoms with Gasteiger partial charge in [-0.05, 0) is 61.7 Å². The molecule has 0 amide bonds. The molecule has 2 aromatic heterocycles. The van der Waals surface area contributed by atoms with Crippen molar-refractivity contribution in [3.05, 3.63) is 94.7 Å². The third kappa shape index (κ3) is 4.22. The third-order valence-electron chi connectivity index (χ3n) is 6.70. The molecule has 172 valence electrons. The van der Waals surface area contributed by atoms with Gasteiger partial charge in [0, 0.05) is 11.8 Å². The topological polar surface area (TPSA) is 88.3 Å². The average molecular weight is 455 g/mol. The first-order chi connectivity index (χ1) is 16.5. The number of hydrogen-bond donors (Lipinski definition) is 1. The lowest BCUT2D eigenvalue weighted by molar-refractivity contribution is -0.139. The second-order valence-corrected chi connectivity index (χ2v) is 8.90. The Hall–Kier alpha value is -3.84. The average Bonchev–Trinajstić information content (AvgIpc) is 2.87. The van der Waals surface area contributed by atoms with Crippen molar-refractivity contribution >= 4 is 17.0 Å². The maximum atomic E-state index is 13.3. The normalized spacial score (nSPS) is 15.9. The van der Waals surface area contributed by atoms with E-state index in [9.17, 15) is 14.7 Å². The number of carboxylic acid groups (broad SMARTS) is 1. The highest BCUT2D eigenvalue weighted by Gasteiger charge is 2.24. The first-order valence-electron chi connectivity index (χ1n) is 11.4. The van der Waals surface area contributed by atoms with Gasteiger partial charge in [-0.2, -0.15) is 0 Å². The standard InChI is InChI=1S/C27H26N4O3/c1-30-13-11-20(12-14-30)18-7-9-19(10-8-18)22-15-23-25(28-16-22)29-17-31(26(23)32)24(27(33)34)21-5-3-2-4-6-21/h2-10,15-17,20,24H,11-14H2,1H3,(H,33,34). The van der Waals surface area contributed by atoms with Crippen molar-refractivity contribution in [3.8, 4) is 11.1 Å². The summed E-state index contributed by atoms with van der Waals surface area (Å²) >= 11 is 0. The van der Waals surface area contributed by atoms with Gasteiger partial charge in [0.2, 0.25) is 0 Å². The minimum absolute atomic E-state index is 0.293. The van der Waals surface area contributed by atoms with E-state index in [1.807, 2.05) is 0 Å². The molecular weight excluding hydrogens is 428 g/mol. The Bertz CT molecular complexity index is 1370. The molecule has 0 bridgehead atoms. The molecule has 1 N–H and O–H groups in total. The lowest BCUT2D eigenvalue weighted by Gasteiger charge is -2.29. The smallest absolute Gasteiger partial charge is 0.331 e. The van der Waals surface area contributed by atoms with E-state index < -0.39 is 17.6 Å². The van der Waals surface area contributed by atoms with Gasteiger partial charge < -0.3 is 10.0 Å². The fraction of sp³-hybridized carbons (Fsp3) is 0.259. The zero-order chi connectivity index (χ0) is 23.7. The van der Waals surface area contributed by atoms with E-state index in [0.29, 0.717) is 22.5 Å². The predicted octanol–water partition coefficient (Wildman–Crippen LogP) is 3.94. The summed E-state index contributed by atoms with van der Waals surface area (Å²) in [6.07, 6.45) is 5.28. The molecule has 1 aliphatic rings. The van der Waals surface area contributed by atoms with Gasteiger partial charge in [0.05, 0.1) is 5.39 Å². The number of likely N-dealkylation sites (tertiary alicyclic amines) is 1. The summed E-state index contributed by atoms with van der Waals surface area (Å²) in [6.45, 7) is 2.22. The van der Waals surface area contributed by atoms with Gasteiger partial charge in [-0.25, -0.2) is 14.8 Å². The van der Waals surface area contributed by atoms with E-state index in [4.69, 9.17) is 0 Å². The summed E-state index contributed by atoms with van der Waals surface area (Å²) in [5, 5.41) is 10.1. The Kier molecular flexibility index (Phi) is 5.94. The van der Waals surface area contributed by atoms with E-state index in [1.165, 1.54) is 11.9 Å². The summed E-state index contributed by atoms with van der Waals surface area (Å²) < 4.78 is 1.16. The monoisotopic (exact) mass is 454 g/mol. The van der Waals surface area contributed by atoms with Crippen LogP contribution in [0.1, 0.15) is 35.9 Å². The molecule has 1 aliphatic heterocycles. The minimum atomic E-state index is -1.16. The van der Waals surface area contributed by atoms with Crippen LogP contribution in [0.25, 0.3) is 22.2 Å². The fourth-order valence-corrected chi connectivity index (χ4v) is 4.72. The van der Waals surface area contributed by atoms with Crippen LogP contribution < -0.4 is 5.56 Å². The molecule has 2 aromatic carbocycles. The molecule has 0 spiro atoms. The van der Waals surface area contributed by atoms with E-state index in [-0.39, 0.29) is 0 Å². The number of aromatic nitrogens is 3. The number of carbonyl (C=O) groups is 1. The Balaban J connectivity index is 1.50. The first-order valence-corrected chi connectivity index (χ1v) is 11.4. The second-order valence-electron chi connectivity index (χ2n) is 8.90. The number of rotatable bonds is 5. The number of piperidine rings is 1. The van der Waals surface area contributed by atoms with Gasteiger partial charge in [-0.1, -0.05) is 54.6 Å². The number of carboxylic acids is 1. The molecule has 4 aromatic rings. The molecule has 7 heteroatoms. The van der Waals surface area contributed by atoms with Crippen LogP contribution in [0.3, 0.4) is 0 Å². The molecule has 1 saturated heterocycles. The van der Waals surface area contributed by atoms with Crippen LogP contribution >= 0.6 is 0 Å². The number of pyridine rings is 1. The summed E-state index contributed by atoms with van der Waals surface area (Å²) in [6, 6.07) is 17.7.